The largest absolute Gasteiger partial charge is 0.486 e. The van der Waals surface area contributed by atoms with Gasteiger partial charge < -0.3 is 19.6 Å². The summed E-state index contributed by atoms with van der Waals surface area (Å²) in [5.41, 5.74) is -0.107. The maximum Gasteiger partial charge on any atom is 0.338 e. The third kappa shape index (κ3) is 4.32. The third-order valence-electron chi connectivity index (χ3n) is 3.15. The fraction of sp³-hybridized carbons (Fsp3) is 0.250. The molecule has 7 heteroatoms. The molecule has 6 nitrogen and oxygen atoms in total. The Morgan fingerprint density at radius 2 is 2.13 bits per heavy atom. The number of nitrogens with one attached hydrogen (secondary N) is 1. The minimum absolute atomic E-state index is 0.107. The molecule has 2 rings (SSSR count). The minimum atomic E-state index is -1.18. The highest BCUT2D eigenvalue weighted by Crippen LogP contribution is 2.18. The van der Waals surface area contributed by atoms with E-state index < -0.39 is 23.8 Å². The molecule has 0 radical (unpaired) electrons. The molecule has 1 aromatic carbocycles. The third-order valence-corrected chi connectivity index (χ3v) is 3.15. The van der Waals surface area contributed by atoms with Crippen LogP contribution in [0.1, 0.15) is 34.3 Å². The Kier molecular flexibility index (Phi) is 5.35. The number of carbonyl (C=O) groups is 2. The van der Waals surface area contributed by atoms with Gasteiger partial charge in [0.05, 0.1) is 12.1 Å². The Bertz CT molecular complexity index is 697. The maximum absolute atomic E-state index is 13.5. The van der Waals surface area contributed by atoms with E-state index in [1.165, 1.54) is 12.1 Å². The quantitative estimate of drug-likeness (QED) is 0.818. The monoisotopic (exact) mass is 321 g/mol. The van der Waals surface area contributed by atoms with Gasteiger partial charge in [-0.3, -0.25) is 4.79 Å². The summed E-state index contributed by atoms with van der Waals surface area (Å²) in [6.45, 7) is 1.97. The second kappa shape index (κ2) is 7.44. The van der Waals surface area contributed by atoms with Crippen molar-refractivity contribution in [3.8, 4) is 5.75 Å². The normalized spacial score (nSPS) is 11.7. The first-order valence-corrected chi connectivity index (χ1v) is 7.02. The number of hydrogen-bond acceptors (Lipinski definition) is 4. The molecule has 0 aliphatic rings. The first-order chi connectivity index (χ1) is 11.0. The van der Waals surface area contributed by atoms with E-state index in [0.717, 1.165) is 12.3 Å². The first kappa shape index (κ1) is 16.5. The van der Waals surface area contributed by atoms with Gasteiger partial charge in [0.25, 0.3) is 5.91 Å². The van der Waals surface area contributed by atoms with Crippen LogP contribution in [-0.2, 0) is 0 Å². The predicted octanol–water partition coefficient (Wildman–Crippen LogP) is 2.70. The van der Waals surface area contributed by atoms with Crippen molar-refractivity contribution < 1.29 is 28.2 Å². The highest BCUT2D eigenvalue weighted by molar-refractivity contribution is 5.95. The average Bonchev–Trinajstić information content (AvgIpc) is 3.03. The van der Waals surface area contributed by atoms with Gasteiger partial charge in [-0.05, 0) is 18.6 Å². The van der Waals surface area contributed by atoms with Gasteiger partial charge in [0.2, 0.25) is 0 Å². The SMILES string of the molecule is CCC(CNC(=O)c1cc(C(=O)O)co1)Oc1ccccc1F. The molecule has 0 fully saturated rings. The number of carboxylic acids is 1. The molecule has 0 spiro atoms. The van der Waals surface area contributed by atoms with Crippen molar-refractivity contribution in [2.45, 2.75) is 19.4 Å². The minimum Gasteiger partial charge on any atom is -0.486 e. The summed E-state index contributed by atoms with van der Waals surface area (Å²) < 4.78 is 24.0. The van der Waals surface area contributed by atoms with E-state index in [2.05, 4.69) is 5.32 Å². The molecule has 0 aliphatic carbocycles. The zero-order valence-electron chi connectivity index (χ0n) is 12.4. The molecule has 0 saturated carbocycles. The molecule has 0 bridgehead atoms. The van der Waals surface area contributed by atoms with Crippen molar-refractivity contribution in [3.05, 3.63) is 53.7 Å². The molecule has 122 valence electrons. The van der Waals surface area contributed by atoms with Crippen molar-refractivity contribution in [2.24, 2.45) is 0 Å². The van der Waals surface area contributed by atoms with E-state index in [4.69, 9.17) is 14.3 Å². The fourth-order valence-electron chi connectivity index (χ4n) is 1.85. The van der Waals surface area contributed by atoms with Crippen LogP contribution in [0.2, 0.25) is 0 Å². The smallest absolute Gasteiger partial charge is 0.338 e. The number of furan rings is 1. The van der Waals surface area contributed by atoms with Gasteiger partial charge in [0.1, 0.15) is 12.4 Å². The molecule has 1 amide bonds. The molecule has 23 heavy (non-hydrogen) atoms. The van der Waals surface area contributed by atoms with E-state index >= 15 is 0 Å². The molecule has 1 unspecified atom stereocenters. The molecule has 1 heterocycles. The van der Waals surface area contributed by atoms with Crippen LogP contribution in [0.15, 0.2) is 41.0 Å². The van der Waals surface area contributed by atoms with Crippen molar-refractivity contribution in [2.75, 3.05) is 6.54 Å². The molecular weight excluding hydrogens is 305 g/mol. The van der Waals surface area contributed by atoms with Crippen LogP contribution in [0.4, 0.5) is 4.39 Å². The predicted molar refractivity (Wildman–Crippen MR) is 79.1 cm³/mol. The number of benzene rings is 1. The lowest BCUT2D eigenvalue weighted by Gasteiger charge is -2.18. The van der Waals surface area contributed by atoms with Crippen molar-refractivity contribution in [1.82, 2.24) is 5.32 Å². The number of halogens is 1. The Labute approximate surface area is 131 Å². The summed E-state index contributed by atoms with van der Waals surface area (Å²) in [4.78, 5) is 22.6. The number of aromatic carboxylic acids is 1. The van der Waals surface area contributed by atoms with E-state index in [-0.39, 0.29) is 23.6 Å². The number of amides is 1. The molecule has 1 atom stereocenters. The number of rotatable bonds is 7. The van der Waals surface area contributed by atoms with Crippen LogP contribution in [0.25, 0.3) is 0 Å². The van der Waals surface area contributed by atoms with Crippen molar-refractivity contribution in [1.29, 1.82) is 0 Å². The number of para-hydroxylation sites is 1. The van der Waals surface area contributed by atoms with Crippen LogP contribution in [-0.4, -0.2) is 29.6 Å². The summed E-state index contributed by atoms with van der Waals surface area (Å²) in [7, 11) is 0. The van der Waals surface area contributed by atoms with Crippen molar-refractivity contribution >= 4 is 11.9 Å². The molecule has 2 aromatic rings. The lowest BCUT2D eigenvalue weighted by atomic mass is 10.2. The Morgan fingerprint density at radius 3 is 2.74 bits per heavy atom. The van der Waals surface area contributed by atoms with E-state index in [1.54, 1.807) is 12.1 Å². The lowest BCUT2D eigenvalue weighted by Crippen LogP contribution is -2.35. The van der Waals surface area contributed by atoms with Crippen LogP contribution in [0, 0.1) is 5.82 Å². The van der Waals surface area contributed by atoms with Gasteiger partial charge in [-0.1, -0.05) is 19.1 Å². The van der Waals surface area contributed by atoms with E-state index in [1.807, 2.05) is 6.92 Å². The number of carbonyl (C=O) groups excluding carboxylic acids is 1. The first-order valence-electron chi connectivity index (χ1n) is 7.02. The van der Waals surface area contributed by atoms with Crippen LogP contribution < -0.4 is 10.1 Å². The van der Waals surface area contributed by atoms with Crippen molar-refractivity contribution in [3.63, 3.8) is 0 Å². The second-order valence-corrected chi connectivity index (χ2v) is 4.79. The standard InChI is InChI=1S/C16H16FNO5/c1-2-11(23-13-6-4-3-5-12(13)17)8-18-15(19)14-7-10(9-22-14)16(20)21/h3-7,9,11H,2,8H2,1H3,(H,18,19)(H,20,21). The van der Waals surface area contributed by atoms with Gasteiger partial charge in [-0.25, -0.2) is 9.18 Å². The zero-order chi connectivity index (χ0) is 16.8. The number of hydrogen-bond donors (Lipinski definition) is 2. The summed E-state index contributed by atoms with van der Waals surface area (Å²) >= 11 is 0. The Balaban J connectivity index is 1.93. The fourth-order valence-corrected chi connectivity index (χ4v) is 1.85. The summed E-state index contributed by atoms with van der Waals surface area (Å²) in [6, 6.07) is 7.14. The van der Waals surface area contributed by atoms with Crippen LogP contribution >= 0.6 is 0 Å². The highest BCUT2D eigenvalue weighted by atomic mass is 19.1. The number of ether oxygens (including phenoxy) is 1. The van der Waals surface area contributed by atoms with Crippen LogP contribution in [0.3, 0.4) is 0 Å². The van der Waals surface area contributed by atoms with Crippen LogP contribution in [0.5, 0.6) is 5.75 Å². The highest BCUT2D eigenvalue weighted by Gasteiger charge is 2.17. The summed E-state index contributed by atoms with van der Waals surface area (Å²) in [5, 5.41) is 11.3. The van der Waals surface area contributed by atoms with Gasteiger partial charge in [0, 0.05) is 6.07 Å². The summed E-state index contributed by atoms with van der Waals surface area (Å²) in [5.74, 6) is -2.22. The van der Waals surface area contributed by atoms with E-state index in [9.17, 15) is 14.0 Å². The zero-order valence-corrected chi connectivity index (χ0v) is 12.4. The topological polar surface area (TPSA) is 88.8 Å². The van der Waals surface area contributed by atoms with Gasteiger partial charge in [-0.2, -0.15) is 0 Å². The molecular formula is C16H16FNO5. The summed E-state index contributed by atoms with van der Waals surface area (Å²) in [6.07, 6.45) is 1.11. The van der Waals surface area contributed by atoms with Gasteiger partial charge >= 0.3 is 5.97 Å². The molecule has 2 N–H and O–H groups in total. The van der Waals surface area contributed by atoms with Gasteiger partial charge in [0.15, 0.2) is 17.3 Å². The second-order valence-electron chi connectivity index (χ2n) is 4.79. The van der Waals surface area contributed by atoms with E-state index in [0.29, 0.717) is 6.42 Å². The molecule has 0 aliphatic heterocycles. The Morgan fingerprint density at radius 1 is 1.39 bits per heavy atom. The molecule has 1 aromatic heterocycles. The maximum atomic E-state index is 13.5. The Hall–Kier alpha value is -2.83. The van der Waals surface area contributed by atoms with Gasteiger partial charge in [-0.15, -0.1) is 0 Å². The number of carboxylic acid groups (broad SMARTS) is 1. The average molecular weight is 321 g/mol. The molecule has 0 saturated heterocycles. The lowest BCUT2D eigenvalue weighted by molar-refractivity contribution is 0.0695.